The van der Waals surface area contributed by atoms with Crippen molar-refractivity contribution in [1.29, 1.82) is 0 Å². The van der Waals surface area contributed by atoms with Gasteiger partial charge in [0.25, 0.3) is 0 Å². The predicted octanol–water partition coefficient (Wildman–Crippen LogP) is 4.59. The van der Waals surface area contributed by atoms with Gasteiger partial charge in [-0.2, -0.15) is 13.2 Å². The summed E-state index contributed by atoms with van der Waals surface area (Å²) >= 11 is 11.6. The second-order valence-corrected chi connectivity index (χ2v) is 9.12. The zero-order valence-corrected chi connectivity index (χ0v) is 19.0. The van der Waals surface area contributed by atoms with Gasteiger partial charge in [0, 0.05) is 0 Å². The molecular formula is C19H17Cl2F3N2O5S. The van der Waals surface area contributed by atoms with E-state index in [1.54, 1.807) is 6.92 Å². The SMILES string of the molecule is CCOC(=O)c1ccc(NC(=O)CN(c2ccc(Cl)c(C(F)(F)F)c2)S(C)(=O)=O)c(Cl)c1. The topological polar surface area (TPSA) is 92.8 Å². The van der Waals surface area contributed by atoms with Crippen LogP contribution < -0.4 is 9.62 Å². The maximum Gasteiger partial charge on any atom is 0.417 e. The van der Waals surface area contributed by atoms with Crippen LogP contribution in [0.1, 0.15) is 22.8 Å². The molecule has 1 amide bonds. The van der Waals surface area contributed by atoms with E-state index in [0.717, 1.165) is 18.4 Å². The minimum Gasteiger partial charge on any atom is -0.462 e. The smallest absolute Gasteiger partial charge is 0.417 e. The van der Waals surface area contributed by atoms with Gasteiger partial charge in [0.15, 0.2) is 0 Å². The maximum absolute atomic E-state index is 13.1. The standard InChI is InChI=1S/C19H17Cl2F3N2O5S/c1-3-31-18(28)11-4-7-16(15(21)8-11)25-17(27)10-26(32(2,29)30)12-5-6-14(20)13(9-12)19(22,23)24/h4-9H,3,10H2,1-2H3,(H,25,27). The van der Waals surface area contributed by atoms with Crippen LogP contribution in [-0.2, 0) is 25.7 Å². The molecule has 0 fully saturated rings. The molecule has 0 aromatic heterocycles. The molecule has 2 rings (SSSR count). The number of carbonyl (C=O) groups excluding carboxylic acids is 2. The first-order valence-corrected chi connectivity index (χ1v) is 11.5. The summed E-state index contributed by atoms with van der Waals surface area (Å²) in [6.07, 6.45) is -4.09. The van der Waals surface area contributed by atoms with Gasteiger partial charge < -0.3 is 10.1 Å². The van der Waals surface area contributed by atoms with Crippen molar-refractivity contribution in [3.8, 4) is 0 Å². The van der Waals surface area contributed by atoms with Gasteiger partial charge in [0.1, 0.15) is 6.54 Å². The van der Waals surface area contributed by atoms with Crippen molar-refractivity contribution in [2.24, 2.45) is 0 Å². The first kappa shape index (κ1) is 25.8. The fraction of sp³-hybridized carbons (Fsp3) is 0.263. The lowest BCUT2D eigenvalue weighted by Gasteiger charge is -2.23. The van der Waals surface area contributed by atoms with Crippen molar-refractivity contribution < 1.29 is 35.9 Å². The molecule has 32 heavy (non-hydrogen) atoms. The van der Waals surface area contributed by atoms with Crippen LogP contribution >= 0.6 is 23.2 Å². The van der Waals surface area contributed by atoms with Gasteiger partial charge in [0.05, 0.1) is 45.4 Å². The molecule has 2 aromatic carbocycles. The van der Waals surface area contributed by atoms with Crippen LogP contribution in [-0.4, -0.2) is 39.7 Å². The molecule has 0 aliphatic rings. The van der Waals surface area contributed by atoms with Crippen molar-refractivity contribution in [3.63, 3.8) is 0 Å². The van der Waals surface area contributed by atoms with Gasteiger partial charge in [-0.25, -0.2) is 13.2 Å². The number of sulfonamides is 1. The highest BCUT2D eigenvalue weighted by molar-refractivity contribution is 7.92. The van der Waals surface area contributed by atoms with Gasteiger partial charge in [-0.3, -0.25) is 9.10 Å². The van der Waals surface area contributed by atoms with E-state index in [9.17, 15) is 31.2 Å². The number of amides is 1. The summed E-state index contributed by atoms with van der Waals surface area (Å²) in [5.74, 6) is -1.51. The number of benzene rings is 2. The van der Waals surface area contributed by atoms with Crippen molar-refractivity contribution in [2.75, 3.05) is 29.0 Å². The Hall–Kier alpha value is -2.50. The first-order chi connectivity index (χ1) is 14.7. The average molecular weight is 513 g/mol. The van der Waals surface area contributed by atoms with E-state index in [4.69, 9.17) is 27.9 Å². The summed E-state index contributed by atoms with van der Waals surface area (Å²) in [6, 6.07) is 6.37. The highest BCUT2D eigenvalue weighted by atomic mass is 35.5. The monoisotopic (exact) mass is 512 g/mol. The molecule has 2 aromatic rings. The largest absolute Gasteiger partial charge is 0.462 e. The number of rotatable bonds is 7. The van der Waals surface area contributed by atoms with Crippen LogP contribution in [0.5, 0.6) is 0 Å². The Kier molecular flexibility index (Phi) is 8.02. The summed E-state index contributed by atoms with van der Waals surface area (Å²) in [5, 5.41) is 1.71. The molecule has 0 unspecified atom stereocenters. The third-order valence-corrected chi connectivity index (χ3v) is 5.77. The van der Waals surface area contributed by atoms with Crippen LogP contribution in [0, 0.1) is 0 Å². The number of hydrogen-bond acceptors (Lipinski definition) is 5. The molecule has 0 radical (unpaired) electrons. The average Bonchev–Trinajstić information content (AvgIpc) is 2.66. The van der Waals surface area contributed by atoms with E-state index in [-0.39, 0.29) is 22.9 Å². The Morgan fingerprint density at radius 2 is 1.75 bits per heavy atom. The van der Waals surface area contributed by atoms with Crippen LogP contribution in [0.4, 0.5) is 24.5 Å². The molecule has 0 saturated heterocycles. The number of alkyl halides is 3. The summed E-state index contributed by atoms with van der Waals surface area (Å²) in [4.78, 5) is 24.2. The van der Waals surface area contributed by atoms with Gasteiger partial charge in [-0.1, -0.05) is 23.2 Å². The summed E-state index contributed by atoms with van der Waals surface area (Å²) in [5.41, 5.74) is -1.45. The van der Waals surface area contributed by atoms with Gasteiger partial charge in [-0.15, -0.1) is 0 Å². The molecule has 1 N–H and O–H groups in total. The Balaban J connectivity index is 2.28. The second kappa shape index (κ2) is 9.97. The Morgan fingerprint density at radius 1 is 1.09 bits per heavy atom. The third kappa shape index (κ3) is 6.50. The molecular weight excluding hydrogens is 496 g/mol. The summed E-state index contributed by atoms with van der Waals surface area (Å²) < 4.78 is 69.1. The lowest BCUT2D eigenvalue weighted by Crippen LogP contribution is -2.37. The number of halogens is 5. The molecule has 174 valence electrons. The maximum atomic E-state index is 13.1. The van der Waals surface area contributed by atoms with Crippen LogP contribution in [0.2, 0.25) is 10.0 Å². The molecule has 0 bridgehead atoms. The molecule has 0 spiro atoms. The number of carbonyl (C=O) groups is 2. The minimum atomic E-state index is -4.83. The zero-order valence-electron chi connectivity index (χ0n) is 16.7. The molecule has 7 nitrogen and oxygen atoms in total. The lowest BCUT2D eigenvalue weighted by atomic mass is 10.2. The van der Waals surface area contributed by atoms with E-state index in [1.807, 2.05) is 0 Å². The normalized spacial score (nSPS) is 11.7. The minimum absolute atomic E-state index is 0.0272. The van der Waals surface area contributed by atoms with Gasteiger partial charge in [-0.05, 0) is 43.3 Å². The fourth-order valence-electron chi connectivity index (χ4n) is 2.56. The van der Waals surface area contributed by atoms with Crippen LogP contribution in [0.3, 0.4) is 0 Å². The van der Waals surface area contributed by atoms with Gasteiger partial charge >= 0.3 is 12.1 Å². The fourth-order valence-corrected chi connectivity index (χ4v) is 3.86. The van der Waals surface area contributed by atoms with E-state index in [2.05, 4.69) is 5.32 Å². The zero-order chi connectivity index (χ0) is 24.3. The molecule has 0 aliphatic carbocycles. The third-order valence-electron chi connectivity index (χ3n) is 3.99. The van der Waals surface area contributed by atoms with Crippen LogP contribution in [0.25, 0.3) is 0 Å². The number of hydrogen-bond donors (Lipinski definition) is 1. The predicted molar refractivity (Wildman–Crippen MR) is 115 cm³/mol. The second-order valence-electron chi connectivity index (χ2n) is 6.39. The van der Waals surface area contributed by atoms with Crippen molar-refractivity contribution in [3.05, 3.63) is 57.6 Å². The highest BCUT2D eigenvalue weighted by Crippen LogP contribution is 2.37. The summed E-state index contributed by atoms with van der Waals surface area (Å²) in [6.45, 7) is 0.935. The number of anilines is 2. The van der Waals surface area contributed by atoms with Crippen molar-refractivity contribution in [2.45, 2.75) is 13.1 Å². The molecule has 0 saturated carbocycles. The van der Waals surface area contributed by atoms with E-state index in [1.165, 1.54) is 18.2 Å². The Bertz CT molecular complexity index is 1140. The molecule has 13 heteroatoms. The Morgan fingerprint density at radius 3 is 2.28 bits per heavy atom. The molecule has 0 aliphatic heterocycles. The quantitative estimate of drug-likeness (QED) is 0.547. The lowest BCUT2D eigenvalue weighted by molar-refractivity contribution is -0.137. The van der Waals surface area contributed by atoms with Crippen molar-refractivity contribution in [1.82, 2.24) is 0 Å². The number of ether oxygens (including phenoxy) is 1. The van der Waals surface area contributed by atoms with E-state index in [0.29, 0.717) is 10.4 Å². The van der Waals surface area contributed by atoms with Gasteiger partial charge in [0.2, 0.25) is 15.9 Å². The van der Waals surface area contributed by atoms with Crippen molar-refractivity contribution >= 4 is 56.5 Å². The number of nitrogens with zero attached hydrogens (tertiary/aromatic N) is 1. The first-order valence-electron chi connectivity index (χ1n) is 8.85. The number of esters is 1. The van der Waals surface area contributed by atoms with E-state index < -0.39 is 50.9 Å². The molecule has 0 heterocycles. The number of nitrogens with one attached hydrogen (secondary N) is 1. The van der Waals surface area contributed by atoms with E-state index >= 15 is 0 Å². The highest BCUT2D eigenvalue weighted by Gasteiger charge is 2.34. The molecule has 0 atom stereocenters. The van der Waals surface area contributed by atoms with Crippen LogP contribution in [0.15, 0.2) is 36.4 Å². The summed E-state index contributed by atoms with van der Waals surface area (Å²) in [7, 11) is -4.15. The Labute approximate surface area is 192 Å².